The number of para-hydroxylation sites is 1. The summed E-state index contributed by atoms with van der Waals surface area (Å²) in [6.07, 6.45) is -0.342. The summed E-state index contributed by atoms with van der Waals surface area (Å²) in [5.74, 6) is -2.42. The van der Waals surface area contributed by atoms with Crippen molar-refractivity contribution in [3.63, 3.8) is 0 Å². The van der Waals surface area contributed by atoms with Crippen molar-refractivity contribution in [3.8, 4) is 0 Å². The summed E-state index contributed by atoms with van der Waals surface area (Å²) in [6.45, 7) is 1.44. The highest BCUT2D eigenvalue weighted by molar-refractivity contribution is 6.02. The van der Waals surface area contributed by atoms with Gasteiger partial charge in [0.1, 0.15) is 0 Å². The average Bonchev–Trinajstić information content (AvgIpc) is 2.27. The average molecular weight is 237 g/mol. The molecule has 0 aliphatic heterocycles. The number of aliphatic carboxylic acids is 1. The van der Waals surface area contributed by atoms with Crippen LogP contribution < -0.4 is 0 Å². The highest BCUT2D eigenvalue weighted by Crippen LogP contribution is 2.22. The molecule has 17 heavy (non-hydrogen) atoms. The Kier molecular flexibility index (Phi) is 3.92. The van der Waals surface area contributed by atoms with Crippen LogP contribution in [0.1, 0.15) is 23.7 Å². The van der Waals surface area contributed by atoms with Crippen molar-refractivity contribution in [2.24, 2.45) is 5.92 Å². The first-order chi connectivity index (χ1) is 7.93. The molecule has 90 valence electrons. The molecule has 6 heteroatoms. The molecule has 1 unspecified atom stereocenters. The fourth-order valence-corrected chi connectivity index (χ4v) is 1.46. The molecule has 6 nitrogen and oxygen atoms in total. The van der Waals surface area contributed by atoms with Gasteiger partial charge in [-0.25, -0.2) is 0 Å². The lowest BCUT2D eigenvalue weighted by molar-refractivity contribution is -0.385. The first-order valence-corrected chi connectivity index (χ1v) is 4.93. The maximum absolute atomic E-state index is 11.8. The molecule has 0 aliphatic rings. The number of carbonyl (C=O) groups excluding carboxylic acids is 1. The Morgan fingerprint density at radius 2 is 2.00 bits per heavy atom. The van der Waals surface area contributed by atoms with Crippen LogP contribution in [0.3, 0.4) is 0 Å². The summed E-state index contributed by atoms with van der Waals surface area (Å²) in [6, 6.07) is 5.52. The van der Waals surface area contributed by atoms with Gasteiger partial charge < -0.3 is 5.11 Å². The molecule has 0 radical (unpaired) electrons. The van der Waals surface area contributed by atoms with Crippen molar-refractivity contribution in [2.75, 3.05) is 0 Å². The predicted molar refractivity (Wildman–Crippen MR) is 58.8 cm³/mol. The van der Waals surface area contributed by atoms with Gasteiger partial charge in [0.25, 0.3) is 5.69 Å². The summed E-state index contributed by atoms with van der Waals surface area (Å²) in [5, 5.41) is 19.3. The van der Waals surface area contributed by atoms with Gasteiger partial charge in [-0.3, -0.25) is 19.7 Å². The molecule has 0 amide bonds. The van der Waals surface area contributed by atoms with Crippen LogP contribution in [-0.2, 0) is 4.79 Å². The van der Waals surface area contributed by atoms with Gasteiger partial charge in [0.2, 0.25) is 0 Å². The number of rotatable bonds is 5. The van der Waals surface area contributed by atoms with Crippen LogP contribution in [0, 0.1) is 16.0 Å². The normalized spacial score (nSPS) is 11.8. The Morgan fingerprint density at radius 1 is 1.41 bits per heavy atom. The number of nitrogens with zero attached hydrogens (tertiary/aromatic N) is 1. The zero-order valence-electron chi connectivity index (χ0n) is 9.12. The van der Waals surface area contributed by atoms with E-state index in [9.17, 15) is 19.7 Å². The van der Waals surface area contributed by atoms with E-state index in [2.05, 4.69) is 0 Å². The van der Waals surface area contributed by atoms with E-state index in [0.717, 1.165) is 0 Å². The fourth-order valence-electron chi connectivity index (χ4n) is 1.46. The quantitative estimate of drug-likeness (QED) is 0.479. The Balaban J connectivity index is 3.04. The number of carboxylic acids is 1. The molecule has 1 rings (SSSR count). The monoisotopic (exact) mass is 237 g/mol. The standard InChI is InChI=1S/C11H11NO5/c1-7(6-10(13)14)11(15)8-4-2-3-5-9(8)12(16)17/h2-5,7H,6H2,1H3,(H,13,14). The summed E-state index contributed by atoms with van der Waals surface area (Å²) in [4.78, 5) is 32.4. The van der Waals surface area contributed by atoms with Crippen molar-refractivity contribution in [3.05, 3.63) is 39.9 Å². The molecule has 0 spiro atoms. The molecular formula is C11H11NO5. The molecule has 0 bridgehead atoms. The Morgan fingerprint density at radius 3 is 2.53 bits per heavy atom. The minimum atomic E-state index is -1.11. The molecule has 1 atom stereocenters. The molecule has 0 fully saturated rings. The van der Waals surface area contributed by atoms with Gasteiger partial charge in [-0.15, -0.1) is 0 Å². The number of nitro benzene ring substituents is 1. The predicted octanol–water partition coefficient (Wildman–Crippen LogP) is 1.89. The van der Waals surface area contributed by atoms with Crippen LogP contribution in [0.15, 0.2) is 24.3 Å². The zero-order valence-corrected chi connectivity index (χ0v) is 9.12. The van der Waals surface area contributed by atoms with Crippen LogP contribution in [-0.4, -0.2) is 21.8 Å². The molecular weight excluding hydrogens is 226 g/mol. The number of nitro groups is 1. The second-order valence-corrected chi connectivity index (χ2v) is 3.64. The second-order valence-electron chi connectivity index (χ2n) is 3.64. The highest BCUT2D eigenvalue weighted by atomic mass is 16.6. The molecule has 0 saturated heterocycles. The van der Waals surface area contributed by atoms with Crippen LogP contribution in [0.5, 0.6) is 0 Å². The molecule has 0 heterocycles. The van der Waals surface area contributed by atoms with E-state index in [1.54, 1.807) is 0 Å². The third-order valence-corrected chi connectivity index (χ3v) is 2.29. The molecule has 1 aromatic rings. The van der Waals surface area contributed by atoms with E-state index in [1.165, 1.54) is 31.2 Å². The maximum atomic E-state index is 11.8. The Bertz CT molecular complexity index is 469. The molecule has 0 aliphatic carbocycles. The lowest BCUT2D eigenvalue weighted by atomic mass is 9.95. The first kappa shape index (κ1) is 12.8. The highest BCUT2D eigenvalue weighted by Gasteiger charge is 2.24. The number of ketones is 1. The maximum Gasteiger partial charge on any atom is 0.304 e. The minimum Gasteiger partial charge on any atom is -0.481 e. The van der Waals surface area contributed by atoms with Crippen molar-refractivity contribution in [2.45, 2.75) is 13.3 Å². The van der Waals surface area contributed by atoms with Crippen LogP contribution >= 0.6 is 0 Å². The number of benzene rings is 1. The lowest BCUT2D eigenvalue weighted by Crippen LogP contribution is -2.16. The van der Waals surface area contributed by atoms with Gasteiger partial charge in [-0.05, 0) is 6.07 Å². The van der Waals surface area contributed by atoms with E-state index in [4.69, 9.17) is 5.11 Å². The summed E-state index contributed by atoms with van der Waals surface area (Å²) >= 11 is 0. The number of carbonyl (C=O) groups is 2. The summed E-state index contributed by atoms with van der Waals surface area (Å²) < 4.78 is 0. The number of hydrogen-bond donors (Lipinski definition) is 1. The summed E-state index contributed by atoms with van der Waals surface area (Å²) in [7, 11) is 0. The third-order valence-electron chi connectivity index (χ3n) is 2.29. The fraction of sp³-hybridized carbons (Fsp3) is 0.273. The SMILES string of the molecule is CC(CC(=O)O)C(=O)c1ccccc1[N+](=O)[O-]. The van der Waals surface area contributed by atoms with E-state index >= 15 is 0 Å². The van der Waals surface area contributed by atoms with Crippen LogP contribution in [0.25, 0.3) is 0 Å². The van der Waals surface area contributed by atoms with Gasteiger partial charge in [0.05, 0.1) is 16.9 Å². The molecule has 1 N–H and O–H groups in total. The van der Waals surface area contributed by atoms with Crippen LogP contribution in [0.2, 0.25) is 0 Å². The third kappa shape index (κ3) is 3.10. The lowest BCUT2D eigenvalue weighted by Gasteiger charge is -2.07. The smallest absolute Gasteiger partial charge is 0.304 e. The van der Waals surface area contributed by atoms with Gasteiger partial charge in [0, 0.05) is 12.0 Å². The van der Waals surface area contributed by atoms with Gasteiger partial charge in [-0.2, -0.15) is 0 Å². The first-order valence-electron chi connectivity index (χ1n) is 4.93. The molecule has 0 aromatic heterocycles. The van der Waals surface area contributed by atoms with Gasteiger partial charge in [-0.1, -0.05) is 19.1 Å². The van der Waals surface area contributed by atoms with Crippen molar-refractivity contribution >= 4 is 17.4 Å². The topological polar surface area (TPSA) is 97.5 Å². The number of carboxylic acid groups (broad SMARTS) is 1. The second kappa shape index (κ2) is 5.20. The van der Waals surface area contributed by atoms with E-state index < -0.39 is 22.6 Å². The molecule has 1 aromatic carbocycles. The van der Waals surface area contributed by atoms with E-state index in [1.807, 2.05) is 0 Å². The Hall–Kier alpha value is -2.24. The minimum absolute atomic E-state index is 0.0498. The largest absolute Gasteiger partial charge is 0.481 e. The van der Waals surface area contributed by atoms with Crippen molar-refractivity contribution in [1.82, 2.24) is 0 Å². The van der Waals surface area contributed by atoms with E-state index in [0.29, 0.717) is 0 Å². The number of hydrogen-bond acceptors (Lipinski definition) is 4. The van der Waals surface area contributed by atoms with Crippen molar-refractivity contribution in [1.29, 1.82) is 0 Å². The Labute approximate surface area is 97.0 Å². The molecule has 0 saturated carbocycles. The van der Waals surface area contributed by atoms with Gasteiger partial charge >= 0.3 is 5.97 Å². The zero-order chi connectivity index (χ0) is 13.0. The van der Waals surface area contributed by atoms with Crippen LogP contribution in [0.4, 0.5) is 5.69 Å². The van der Waals surface area contributed by atoms with E-state index in [-0.39, 0.29) is 17.7 Å². The van der Waals surface area contributed by atoms with Crippen molar-refractivity contribution < 1.29 is 19.6 Å². The van der Waals surface area contributed by atoms with Gasteiger partial charge in [0.15, 0.2) is 5.78 Å². The number of Topliss-reactive ketones (excluding diaryl/α,β-unsaturated/α-hetero) is 1. The summed E-state index contributed by atoms with van der Waals surface area (Å²) in [5.41, 5.74) is -0.346.